The predicted molar refractivity (Wildman–Crippen MR) is 100 cm³/mol. The lowest BCUT2D eigenvalue weighted by Gasteiger charge is -2.38. The van der Waals surface area contributed by atoms with Crippen molar-refractivity contribution in [3.63, 3.8) is 0 Å². The number of para-hydroxylation sites is 1. The lowest BCUT2D eigenvalue weighted by molar-refractivity contribution is 0.0597. The molecule has 2 aromatic rings. The Labute approximate surface area is 158 Å². The number of hydrogen-bond donors (Lipinski definition) is 1. The first-order valence-corrected chi connectivity index (χ1v) is 10.4. The van der Waals surface area contributed by atoms with Crippen LogP contribution in [0, 0.1) is 5.92 Å². The molecule has 1 fully saturated rings. The van der Waals surface area contributed by atoms with Crippen LogP contribution in [0.15, 0.2) is 47.4 Å². The zero-order valence-electron chi connectivity index (χ0n) is 15.0. The van der Waals surface area contributed by atoms with E-state index in [4.69, 9.17) is 0 Å². The molecule has 1 aliphatic heterocycles. The third-order valence-electron chi connectivity index (χ3n) is 5.34. The molecule has 1 saturated carbocycles. The van der Waals surface area contributed by atoms with Crippen LogP contribution in [0.3, 0.4) is 0 Å². The number of ether oxygens (including phenoxy) is 1. The van der Waals surface area contributed by atoms with Gasteiger partial charge in [-0.05, 0) is 61.4 Å². The number of phenols is 1. The predicted octanol–water partition coefficient (Wildman–Crippen LogP) is 3.10. The van der Waals surface area contributed by atoms with Gasteiger partial charge >= 0.3 is 5.97 Å². The van der Waals surface area contributed by atoms with E-state index in [2.05, 4.69) is 4.74 Å². The molecular weight excluding hydrogens is 366 g/mol. The summed E-state index contributed by atoms with van der Waals surface area (Å²) in [5.41, 5.74) is 1.55. The van der Waals surface area contributed by atoms with Crippen molar-refractivity contribution in [2.24, 2.45) is 5.92 Å². The number of hydrogen-bond acceptors (Lipinski definition) is 5. The van der Waals surface area contributed by atoms with E-state index in [0.29, 0.717) is 11.6 Å². The molecule has 0 aromatic heterocycles. The Morgan fingerprint density at radius 2 is 1.89 bits per heavy atom. The van der Waals surface area contributed by atoms with Gasteiger partial charge in [0.2, 0.25) is 0 Å². The molecule has 1 heterocycles. The van der Waals surface area contributed by atoms with Gasteiger partial charge in [-0.15, -0.1) is 0 Å². The fraction of sp³-hybridized carbons (Fsp3) is 0.350. The Morgan fingerprint density at radius 3 is 2.59 bits per heavy atom. The number of carbonyl (C=O) groups is 1. The molecule has 27 heavy (non-hydrogen) atoms. The maximum Gasteiger partial charge on any atom is 0.341 e. The Hall–Kier alpha value is -2.54. The van der Waals surface area contributed by atoms with Gasteiger partial charge < -0.3 is 9.84 Å². The smallest absolute Gasteiger partial charge is 0.341 e. The number of rotatable bonds is 4. The van der Waals surface area contributed by atoms with E-state index in [9.17, 15) is 18.3 Å². The molecule has 0 spiro atoms. The number of carbonyl (C=O) groups excluding carboxylic acids is 1. The summed E-state index contributed by atoms with van der Waals surface area (Å²) in [5, 5.41) is 9.91. The van der Waals surface area contributed by atoms with Gasteiger partial charge in [-0.25, -0.2) is 13.2 Å². The summed E-state index contributed by atoms with van der Waals surface area (Å²) in [7, 11) is -2.71. The van der Waals surface area contributed by atoms with E-state index in [1.165, 1.54) is 29.6 Å². The Kier molecular flexibility index (Phi) is 4.34. The van der Waals surface area contributed by atoms with Gasteiger partial charge in [-0.3, -0.25) is 4.31 Å². The number of aryl methyl sites for hydroxylation is 1. The molecule has 2 aliphatic rings. The van der Waals surface area contributed by atoms with Crippen molar-refractivity contribution < 1.29 is 23.1 Å². The number of sulfonamides is 1. The highest BCUT2D eigenvalue weighted by molar-refractivity contribution is 7.92. The molecule has 0 amide bonds. The minimum Gasteiger partial charge on any atom is -0.507 e. The van der Waals surface area contributed by atoms with Gasteiger partial charge in [0.15, 0.2) is 0 Å². The summed E-state index contributed by atoms with van der Waals surface area (Å²) in [4.78, 5) is 11.9. The van der Waals surface area contributed by atoms with E-state index < -0.39 is 16.0 Å². The third-order valence-corrected chi connectivity index (χ3v) is 7.17. The van der Waals surface area contributed by atoms with Crippen molar-refractivity contribution in [2.75, 3.05) is 11.4 Å². The fourth-order valence-electron chi connectivity index (χ4n) is 3.82. The summed E-state index contributed by atoms with van der Waals surface area (Å²) in [6.45, 7) is 0. The van der Waals surface area contributed by atoms with Crippen LogP contribution < -0.4 is 4.31 Å². The van der Waals surface area contributed by atoms with Crippen LogP contribution in [0.4, 0.5) is 5.69 Å². The van der Waals surface area contributed by atoms with Gasteiger partial charge in [0, 0.05) is 6.04 Å². The highest BCUT2D eigenvalue weighted by atomic mass is 32.2. The fourth-order valence-corrected chi connectivity index (χ4v) is 5.62. The van der Waals surface area contributed by atoms with Gasteiger partial charge in [-0.2, -0.15) is 0 Å². The number of methoxy groups -OCH3 is 1. The third kappa shape index (κ3) is 3.06. The average molecular weight is 387 g/mol. The molecule has 6 nitrogen and oxygen atoms in total. The number of esters is 1. The molecule has 1 atom stereocenters. The molecule has 1 unspecified atom stereocenters. The standard InChI is InChI=1S/C20H21NO5S/c1-26-20(23)16-12-15(9-11-19(16)22)27(24,25)21-17-5-3-2-4-13(17)8-10-18(21)14-6-7-14/h2-5,9,11-12,14,18,22H,6-8,10H2,1H3. The molecule has 0 saturated heterocycles. The van der Waals surface area contributed by atoms with E-state index in [-0.39, 0.29) is 22.3 Å². The highest BCUT2D eigenvalue weighted by Gasteiger charge is 2.43. The first-order chi connectivity index (χ1) is 12.9. The van der Waals surface area contributed by atoms with E-state index in [1.807, 2.05) is 24.3 Å². The Morgan fingerprint density at radius 1 is 1.15 bits per heavy atom. The zero-order chi connectivity index (χ0) is 19.2. The minimum absolute atomic E-state index is 0.0250. The summed E-state index contributed by atoms with van der Waals surface area (Å²) in [5.74, 6) is -0.716. The van der Waals surface area contributed by atoms with Crippen LogP contribution in [0.5, 0.6) is 5.75 Å². The van der Waals surface area contributed by atoms with Crippen LogP contribution in [0.25, 0.3) is 0 Å². The topological polar surface area (TPSA) is 83.9 Å². The van der Waals surface area contributed by atoms with E-state index >= 15 is 0 Å². The number of aromatic hydroxyl groups is 1. The molecule has 2 aromatic carbocycles. The first kappa shape index (κ1) is 17.9. The van der Waals surface area contributed by atoms with Crippen molar-refractivity contribution in [1.29, 1.82) is 0 Å². The second kappa shape index (κ2) is 6.56. The van der Waals surface area contributed by atoms with Crippen LogP contribution in [-0.4, -0.2) is 32.6 Å². The molecule has 1 N–H and O–H groups in total. The van der Waals surface area contributed by atoms with Crippen LogP contribution >= 0.6 is 0 Å². The second-order valence-electron chi connectivity index (χ2n) is 7.04. The van der Waals surface area contributed by atoms with E-state index in [1.54, 1.807) is 0 Å². The van der Waals surface area contributed by atoms with Crippen molar-refractivity contribution in [3.8, 4) is 5.75 Å². The zero-order valence-corrected chi connectivity index (χ0v) is 15.8. The molecular formula is C20H21NO5S. The van der Waals surface area contributed by atoms with Crippen LogP contribution in [0.1, 0.15) is 35.2 Å². The molecule has 1 aliphatic carbocycles. The van der Waals surface area contributed by atoms with E-state index in [0.717, 1.165) is 31.2 Å². The number of phenolic OH excluding ortho intramolecular Hbond substituents is 1. The highest BCUT2D eigenvalue weighted by Crippen LogP contribution is 2.45. The Balaban J connectivity index is 1.84. The molecule has 142 valence electrons. The SMILES string of the molecule is COC(=O)c1cc(S(=O)(=O)N2c3ccccc3CCC2C2CC2)ccc1O. The maximum absolute atomic E-state index is 13.6. The normalized spacial score (nSPS) is 19.4. The van der Waals surface area contributed by atoms with Crippen molar-refractivity contribution in [1.82, 2.24) is 0 Å². The molecule has 7 heteroatoms. The maximum atomic E-state index is 13.6. The number of nitrogens with zero attached hydrogens (tertiary/aromatic N) is 1. The monoisotopic (exact) mass is 387 g/mol. The second-order valence-corrected chi connectivity index (χ2v) is 8.86. The van der Waals surface area contributed by atoms with Crippen molar-refractivity contribution >= 4 is 21.7 Å². The quantitative estimate of drug-likeness (QED) is 0.815. The van der Waals surface area contributed by atoms with Gasteiger partial charge in [-0.1, -0.05) is 18.2 Å². The van der Waals surface area contributed by atoms with Crippen LogP contribution in [0.2, 0.25) is 0 Å². The van der Waals surface area contributed by atoms with Gasteiger partial charge in [0.05, 0.1) is 17.7 Å². The summed E-state index contributed by atoms with van der Waals surface area (Å²) < 4.78 is 33.3. The number of anilines is 1. The Bertz CT molecular complexity index is 997. The first-order valence-electron chi connectivity index (χ1n) is 8.97. The molecule has 0 radical (unpaired) electrons. The largest absolute Gasteiger partial charge is 0.507 e. The molecule has 0 bridgehead atoms. The summed E-state index contributed by atoms with van der Waals surface area (Å²) in [6, 6.07) is 11.2. The minimum atomic E-state index is -3.90. The lowest BCUT2D eigenvalue weighted by atomic mass is 9.95. The summed E-state index contributed by atoms with van der Waals surface area (Å²) in [6.07, 6.45) is 3.69. The van der Waals surface area contributed by atoms with Gasteiger partial charge in [0.1, 0.15) is 11.3 Å². The van der Waals surface area contributed by atoms with Crippen molar-refractivity contribution in [2.45, 2.75) is 36.6 Å². The van der Waals surface area contributed by atoms with Crippen molar-refractivity contribution in [3.05, 3.63) is 53.6 Å². The number of fused-ring (bicyclic) bond motifs is 1. The van der Waals surface area contributed by atoms with Crippen LogP contribution in [-0.2, 0) is 21.2 Å². The lowest BCUT2D eigenvalue weighted by Crippen LogP contribution is -2.45. The average Bonchev–Trinajstić information content (AvgIpc) is 3.51. The summed E-state index contributed by atoms with van der Waals surface area (Å²) >= 11 is 0. The number of benzene rings is 2. The molecule has 4 rings (SSSR count). The van der Waals surface area contributed by atoms with Gasteiger partial charge in [0.25, 0.3) is 10.0 Å².